The molecule has 0 aliphatic rings. The highest BCUT2D eigenvalue weighted by atomic mass is 32.2. The van der Waals surface area contributed by atoms with Crippen molar-refractivity contribution in [3.05, 3.63) is 66.1 Å². The van der Waals surface area contributed by atoms with Crippen molar-refractivity contribution >= 4 is 29.2 Å². The number of benzene rings is 1. The fraction of sp³-hybridized carbons (Fsp3) is 0.211. The van der Waals surface area contributed by atoms with Crippen LogP contribution in [0.1, 0.15) is 23.0 Å². The molecule has 0 aliphatic heterocycles. The van der Waals surface area contributed by atoms with Crippen LogP contribution < -0.4 is 10.6 Å². The van der Waals surface area contributed by atoms with Gasteiger partial charge in [0.15, 0.2) is 0 Å². The number of imidazole rings is 1. The number of hydrogen-bond donors (Lipinski definition) is 2. The Morgan fingerprint density at radius 2 is 1.92 bits per heavy atom. The van der Waals surface area contributed by atoms with Crippen LogP contribution in [0.3, 0.4) is 0 Å². The van der Waals surface area contributed by atoms with E-state index in [9.17, 15) is 9.59 Å². The lowest BCUT2D eigenvalue weighted by atomic mass is 10.2. The van der Waals surface area contributed by atoms with Crippen LogP contribution in [0.5, 0.6) is 0 Å². The number of rotatable bonds is 7. The number of hydrogen-bond acceptors (Lipinski definition) is 4. The molecule has 6 nitrogen and oxygen atoms in total. The molecular formula is C19H20N4O2S. The summed E-state index contributed by atoms with van der Waals surface area (Å²) in [6, 6.07) is 13.2. The maximum atomic E-state index is 12.4. The molecule has 3 rings (SSSR count). The second-order valence-corrected chi connectivity index (χ2v) is 6.64. The number of pyridine rings is 1. The van der Waals surface area contributed by atoms with Gasteiger partial charge < -0.3 is 15.0 Å². The van der Waals surface area contributed by atoms with Gasteiger partial charge in [-0.05, 0) is 31.2 Å². The number of nitrogens with zero attached hydrogens (tertiary/aromatic N) is 2. The van der Waals surface area contributed by atoms with E-state index in [1.807, 2.05) is 60.1 Å². The number of thioether (sulfide) groups is 1. The van der Waals surface area contributed by atoms with E-state index in [2.05, 4.69) is 15.6 Å². The fourth-order valence-corrected chi connectivity index (χ4v) is 3.44. The van der Waals surface area contributed by atoms with Crippen molar-refractivity contribution < 1.29 is 9.59 Å². The molecule has 0 radical (unpaired) electrons. The van der Waals surface area contributed by atoms with Crippen molar-refractivity contribution in [2.24, 2.45) is 0 Å². The zero-order valence-electron chi connectivity index (χ0n) is 14.4. The van der Waals surface area contributed by atoms with E-state index in [0.29, 0.717) is 17.9 Å². The minimum absolute atomic E-state index is 0.0297. The Hall–Kier alpha value is -2.80. The van der Waals surface area contributed by atoms with Gasteiger partial charge in [-0.2, -0.15) is 0 Å². The van der Waals surface area contributed by atoms with Gasteiger partial charge in [-0.3, -0.25) is 9.59 Å². The zero-order chi connectivity index (χ0) is 18.4. The van der Waals surface area contributed by atoms with Crippen LogP contribution in [0.4, 0.5) is 0 Å². The molecule has 2 amide bonds. The van der Waals surface area contributed by atoms with Crippen molar-refractivity contribution in [2.75, 3.05) is 13.1 Å². The number of amides is 2. The Morgan fingerprint density at radius 3 is 2.73 bits per heavy atom. The summed E-state index contributed by atoms with van der Waals surface area (Å²) in [7, 11) is 0. The summed E-state index contributed by atoms with van der Waals surface area (Å²) in [4.78, 5) is 29.4. The minimum Gasteiger partial charge on any atom is -0.355 e. The topological polar surface area (TPSA) is 75.5 Å². The Morgan fingerprint density at radius 1 is 1.12 bits per heavy atom. The molecule has 1 aromatic carbocycles. The third-order valence-electron chi connectivity index (χ3n) is 3.70. The third kappa shape index (κ3) is 4.43. The summed E-state index contributed by atoms with van der Waals surface area (Å²) in [5.41, 5.74) is 2.40. The molecule has 0 fully saturated rings. The quantitative estimate of drug-likeness (QED) is 0.628. The lowest BCUT2D eigenvalue weighted by molar-refractivity contribution is -0.120. The van der Waals surface area contributed by atoms with Crippen LogP contribution >= 0.6 is 11.8 Å². The Balaban J connectivity index is 1.66. The minimum atomic E-state index is -0.255. The molecule has 0 bridgehead atoms. The van der Waals surface area contributed by atoms with Gasteiger partial charge in [-0.25, -0.2) is 4.98 Å². The number of carbonyl (C=O) groups is 2. The lowest BCUT2D eigenvalue weighted by Crippen LogP contribution is -2.36. The first-order valence-corrected chi connectivity index (χ1v) is 9.35. The molecule has 2 N–H and O–H groups in total. The first-order chi connectivity index (χ1) is 12.7. The van der Waals surface area contributed by atoms with Crippen molar-refractivity contribution in [3.8, 4) is 0 Å². The molecule has 0 saturated heterocycles. The van der Waals surface area contributed by atoms with Crippen LogP contribution in [0, 0.1) is 0 Å². The molecule has 0 saturated carbocycles. The molecule has 2 heterocycles. The van der Waals surface area contributed by atoms with Crippen molar-refractivity contribution in [1.82, 2.24) is 20.0 Å². The average Bonchev–Trinajstić information content (AvgIpc) is 3.08. The summed E-state index contributed by atoms with van der Waals surface area (Å²) < 4.78 is 1.97. The van der Waals surface area contributed by atoms with Gasteiger partial charge in [-0.15, -0.1) is 11.8 Å². The molecule has 26 heavy (non-hydrogen) atoms. The molecule has 0 aliphatic carbocycles. The van der Waals surface area contributed by atoms with E-state index >= 15 is 0 Å². The van der Waals surface area contributed by atoms with Gasteiger partial charge in [-0.1, -0.05) is 18.2 Å². The number of carbonyl (C=O) groups excluding carboxylic acids is 2. The van der Waals surface area contributed by atoms with Gasteiger partial charge >= 0.3 is 0 Å². The van der Waals surface area contributed by atoms with Crippen LogP contribution in [-0.2, 0) is 10.5 Å². The van der Waals surface area contributed by atoms with Gasteiger partial charge in [0.25, 0.3) is 5.91 Å². The molecule has 0 atom stereocenters. The summed E-state index contributed by atoms with van der Waals surface area (Å²) in [6.07, 6.45) is 3.94. The van der Waals surface area contributed by atoms with E-state index in [1.54, 1.807) is 17.8 Å². The van der Waals surface area contributed by atoms with Crippen molar-refractivity contribution in [1.29, 1.82) is 0 Å². The maximum absolute atomic E-state index is 12.4. The van der Waals surface area contributed by atoms with E-state index < -0.39 is 0 Å². The van der Waals surface area contributed by atoms with Crippen LogP contribution in [0.2, 0.25) is 0 Å². The number of aromatic nitrogens is 2. The predicted octanol–water partition coefficient (Wildman–Crippen LogP) is 2.49. The van der Waals surface area contributed by atoms with Crippen molar-refractivity contribution in [3.63, 3.8) is 0 Å². The second-order valence-electron chi connectivity index (χ2n) is 5.62. The first-order valence-electron chi connectivity index (χ1n) is 8.36. The molecule has 134 valence electrons. The second kappa shape index (κ2) is 8.53. The Kier molecular flexibility index (Phi) is 5.91. The third-order valence-corrected chi connectivity index (χ3v) is 4.81. The summed E-state index contributed by atoms with van der Waals surface area (Å²) in [5.74, 6) is 0.201. The smallest absolute Gasteiger partial charge is 0.252 e. The van der Waals surface area contributed by atoms with E-state index in [-0.39, 0.29) is 18.4 Å². The van der Waals surface area contributed by atoms with Crippen LogP contribution in [0.15, 0.2) is 59.8 Å². The molecule has 3 aromatic rings. The molecular weight excluding hydrogens is 348 g/mol. The highest BCUT2D eigenvalue weighted by molar-refractivity contribution is 7.98. The fourth-order valence-electron chi connectivity index (χ4n) is 2.50. The molecule has 2 aromatic heterocycles. The largest absolute Gasteiger partial charge is 0.355 e. The normalized spacial score (nSPS) is 10.7. The zero-order valence-corrected chi connectivity index (χ0v) is 15.3. The van der Waals surface area contributed by atoms with Gasteiger partial charge in [0.2, 0.25) is 5.91 Å². The van der Waals surface area contributed by atoms with Gasteiger partial charge in [0, 0.05) is 29.6 Å². The lowest BCUT2D eigenvalue weighted by Gasteiger charge is -2.09. The Labute approximate surface area is 156 Å². The van der Waals surface area contributed by atoms with Crippen molar-refractivity contribution in [2.45, 2.75) is 17.6 Å². The van der Waals surface area contributed by atoms with Gasteiger partial charge in [0.05, 0.1) is 17.8 Å². The van der Waals surface area contributed by atoms with Gasteiger partial charge in [0.1, 0.15) is 5.65 Å². The first kappa shape index (κ1) is 18.0. The van der Waals surface area contributed by atoms with E-state index in [0.717, 1.165) is 16.2 Å². The molecule has 0 spiro atoms. The molecule has 7 heteroatoms. The van der Waals surface area contributed by atoms with Crippen LogP contribution in [-0.4, -0.2) is 34.3 Å². The Bertz CT molecular complexity index is 890. The SMILES string of the molecule is CCNC(=O)CNC(=O)c1ccccc1SCc1cn2ccccc2n1. The standard InChI is InChI=1S/C19H20N4O2S/c1-2-20-18(24)11-21-19(25)15-7-3-4-8-16(15)26-13-14-12-23-10-6-5-9-17(23)22-14/h3-10,12H,2,11,13H2,1H3,(H,20,24)(H,21,25). The highest BCUT2D eigenvalue weighted by Gasteiger charge is 2.13. The predicted molar refractivity (Wildman–Crippen MR) is 102 cm³/mol. The van der Waals surface area contributed by atoms with Crippen LogP contribution in [0.25, 0.3) is 5.65 Å². The van der Waals surface area contributed by atoms with E-state index in [4.69, 9.17) is 0 Å². The monoisotopic (exact) mass is 368 g/mol. The average molecular weight is 368 g/mol. The number of likely N-dealkylation sites (N-methyl/N-ethyl adjacent to an activating group) is 1. The summed E-state index contributed by atoms with van der Waals surface area (Å²) in [6.45, 7) is 2.35. The number of fused-ring (bicyclic) bond motifs is 1. The highest BCUT2D eigenvalue weighted by Crippen LogP contribution is 2.26. The number of nitrogens with one attached hydrogen (secondary N) is 2. The molecule has 0 unspecified atom stereocenters. The maximum Gasteiger partial charge on any atom is 0.252 e. The van der Waals surface area contributed by atoms with E-state index in [1.165, 1.54) is 0 Å². The summed E-state index contributed by atoms with van der Waals surface area (Å²) in [5, 5.41) is 5.32. The summed E-state index contributed by atoms with van der Waals surface area (Å²) >= 11 is 1.55.